The van der Waals surface area contributed by atoms with E-state index in [1.807, 2.05) is 23.1 Å². The van der Waals surface area contributed by atoms with E-state index in [1.165, 1.54) is 5.56 Å². The number of hydrogen-bond acceptors (Lipinski definition) is 6. The number of benzene rings is 1. The van der Waals surface area contributed by atoms with E-state index in [-0.39, 0.29) is 36.1 Å². The van der Waals surface area contributed by atoms with Crippen LogP contribution in [0.3, 0.4) is 0 Å². The molecule has 2 N–H and O–H groups in total. The van der Waals surface area contributed by atoms with Crippen molar-refractivity contribution in [3.05, 3.63) is 77.6 Å². The fraction of sp³-hybridized carbons (Fsp3) is 0.444. The molecule has 196 valence electrons. The number of carbonyl (C=O) groups is 1. The zero-order valence-electron chi connectivity index (χ0n) is 21.2. The van der Waals surface area contributed by atoms with Gasteiger partial charge in [0.05, 0.1) is 12.8 Å². The summed E-state index contributed by atoms with van der Waals surface area (Å²) in [4.78, 5) is 24.6. The maximum absolute atomic E-state index is 13.4. The summed E-state index contributed by atoms with van der Waals surface area (Å²) in [7, 11) is 0. The molecule has 1 aromatic carbocycles. The molecule has 0 radical (unpaired) electrons. The van der Waals surface area contributed by atoms with Gasteiger partial charge in [-0.25, -0.2) is 9.97 Å². The lowest BCUT2D eigenvalue weighted by Crippen LogP contribution is -2.41. The number of nitrogens with one attached hydrogen (secondary N) is 2. The van der Waals surface area contributed by atoms with Crippen LogP contribution in [0, 0.1) is 5.92 Å². The first kappa shape index (κ1) is 29.6. The van der Waals surface area contributed by atoms with E-state index in [2.05, 4.69) is 60.7 Å². The van der Waals surface area contributed by atoms with E-state index in [0.717, 1.165) is 44.8 Å². The van der Waals surface area contributed by atoms with E-state index < -0.39 is 0 Å². The SMILES string of the molecule is CC(C)(C)c1ncc(C(=O)N2CCC(CNCc3ccccc3)CC2)c(NCc2ccco2)n1.Cl.Cl. The minimum atomic E-state index is -0.214. The van der Waals surface area contributed by atoms with E-state index in [0.29, 0.717) is 29.7 Å². The van der Waals surface area contributed by atoms with Gasteiger partial charge in [0.2, 0.25) is 0 Å². The van der Waals surface area contributed by atoms with E-state index in [4.69, 9.17) is 9.40 Å². The first-order chi connectivity index (χ1) is 16.4. The highest BCUT2D eigenvalue weighted by Gasteiger charge is 2.27. The number of aromatic nitrogens is 2. The zero-order valence-corrected chi connectivity index (χ0v) is 22.8. The molecule has 0 spiro atoms. The van der Waals surface area contributed by atoms with Crippen molar-refractivity contribution in [3.8, 4) is 0 Å². The number of carbonyl (C=O) groups excluding carboxylic acids is 1. The summed E-state index contributed by atoms with van der Waals surface area (Å²) in [6.45, 7) is 10.00. The average Bonchev–Trinajstić information content (AvgIpc) is 3.36. The maximum atomic E-state index is 13.4. The zero-order chi connectivity index (χ0) is 24.0. The number of halogens is 2. The smallest absolute Gasteiger partial charge is 0.259 e. The van der Waals surface area contributed by atoms with Crippen molar-refractivity contribution in [1.29, 1.82) is 0 Å². The molecule has 0 bridgehead atoms. The van der Waals surface area contributed by atoms with Gasteiger partial charge in [0, 0.05) is 31.2 Å². The van der Waals surface area contributed by atoms with Crippen molar-refractivity contribution in [1.82, 2.24) is 20.2 Å². The van der Waals surface area contributed by atoms with Crippen molar-refractivity contribution < 1.29 is 9.21 Å². The quantitative estimate of drug-likeness (QED) is 0.399. The number of nitrogens with zero attached hydrogens (tertiary/aromatic N) is 3. The number of hydrogen-bond donors (Lipinski definition) is 2. The lowest BCUT2D eigenvalue weighted by atomic mass is 9.95. The van der Waals surface area contributed by atoms with Gasteiger partial charge < -0.3 is 20.0 Å². The van der Waals surface area contributed by atoms with Crippen molar-refractivity contribution in [2.75, 3.05) is 25.0 Å². The molecule has 1 aliphatic heterocycles. The standard InChI is InChI=1S/C27H35N5O2.2ClH/c1-27(2,3)26-30-19-23(24(31-26)29-18-22-10-7-15-34-22)25(33)32-13-11-21(12-14-32)17-28-16-20-8-5-4-6-9-20;;/h4-10,15,19,21,28H,11-14,16-18H2,1-3H3,(H,29,30,31);2*1H. The number of rotatable bonds is 8. The van der Waals surface area contributed by atoms with Gasteiger partial charge >= 0.3 is 0 Å². The summed E-state index contributed by atoms with van der Waals surface area (Å²) in [5.41, 5.74) is 1.59. The van der Waals surface area contributed by atoms with Crippen molar-refractivity contribution in [2.45, 2.75) is 52.1 Å². The Hall–Kier alpha value is -2.61. The van der Waals surface area contributed by atoms with Crippen LogP contribution in [0.2, 0.25) is 0 Å². The Bertz CT molecular complexity index is 1060. The molecule has 36 heavy (non-hydrogen) atoms. The molecular weight excluding hydrogens is 497 g/mol. The fourth-order valence-corrected chi connectivity index (χ4v) is 4.15. The Labute approximate surface area is 226 Å². The van der Waals surface area contributed by atoms with Crippen LogP contribution in [0.15, 0.2) is 59.3 Å². The van der Waals surface area contributed by atoms with Crippen LogP contribution in [0.4, 0.5) is 5.82 Å². The number of anilines is 1. The highest BCUT2D eigenvalue weighted by molar-refractivity contribution is 5.98. The van der Waals surface area contributed by atoms with Crippen molar-refractivity contribution in [2.24, 2.45) is 5.92 Å². The Balaban J connectivity index is 0.00000228. The number of amides is 1. The van der Waals surface area contributed by atoms with Crippen LogP contribution in [0.25, 0.3) is 0 Å². The third-order valence-electron chi connectivity index (χ3n) is 6.21. The van der Waals surface area contributed by atoms with Gasteiger partial charge in [-0.1, -0.05) is 51.1 Å². The summed E-state index contributed by atoms with van der Waals surface area (Å²) < 4.78 is 5.43. The van der Waals surface area contributed by atoms with Crippen molar-refractivity contribution in [3.63, 3.8) is 0 Å². The van der Waals surface area contributed by atoms with Crippen LogP contribution in [-0.2, 0) is 18.5 Å². The topological polar surface area (TPSA) is 83.3 Å². The molecule has 7 nitrogen and oxygen atoms in total. The van der Waals surface area contributed by atoms with Crippen LogP contribution in [0.5, 0.6) is 0 Å². The fourth-order valence-electron chi connectivity index (χ4n) is 4.15. The van der Waals surface area contributed by atoms with Crippen LogP contribution in [-0.4, -0.2) is 40.4 Å². The first-order valence-electron chi connectivity index (χ1n) is 12.1. The molecule has 0 atom stereocenters. The predicted molar refractivity (Wildman–Crippen MR) is 148 cm³/mol. The number of likely N-dealkylation sites (tertiary alicyclic amines) is 1. The third-order valence-corrected chi connectivity index (χ3v) is 6.21. The van der Waals surface area contributed by atoms with Gasteiger partial charge in [-0.2, -0.15) is 0 Å². The molecule has 0 saturated carbocycles. The van der Waals surface area contributed by atoms with Crippen LogP contribution >= 0.6 is 24.8 Å². The minimum absolute atomic E-state index is 0. The lowest BCUT2D eigenvalue weighted by Gasteiger charge is -2.32. The van der Waals surface area contributed by atoms with E-state index in [1.54, 1.807) is 12.5 Å². The van der Waals surface area contributed by atoms with Gasteiger partial charge in [-0.3, -0.25) is 4.79 Å². The molecule has 1 saturated heterocycles. The molecule has 9 heteroatoms. The Morgan fingerprint density at radius 1 is 1.06 bits per heavy atom. The van der Waals surface area contributed by atoms with Crippen molar-refractivity contribution >= 4 is 36.5 Å². The van der Waals surface area contributed by atoms with Gasteiger partial charge in [0.25, 0.3) is 5.91 Å². The van der Waals surface area contributed by atoms with Crippen LogP contribution < -0.4 is 10.6 Å². The molecule has 1 aliphatic rings. The second-order valence-corrected chi connectivity index (χ2v) is 9.99. The molecule has 0 unspecified atom stereocenters. The summed E-state index contributed by atoms with van der Waals surface area (Å²) in [5, 5.41) is 6.86. The molecule has 2 aromatic heterocycles. The van der Waals surface area contributed by atoms with Crippen LogP contribution in [0.1, 0.15) is 61.1 Å². The summed E-state index contributed by atoms with van der Waals surface area (Å²) in [6, 6.07) is 14.2. The second-order valence-electron chi connectivity index (χ2n) is 9.99. The molecule has 1 amide bonds. The van der Waals surface area contributed by atoms with Gasteiger partial charge in [-0.05, 0) is 43.0 Å². The highest BCUT2D eigenvalue weighted by Crippen LogP contribution is 2.25. The molecule has 3 heterocycles. The largest absolute Gasteiger partial charge is 0.467 e. The average molecular weight is 535 g/mol. The number of piperidine rings is 1. The summed E-state index contributed by atoms with van der Waals surface area (Å²) >= 11 is 0. The van der Waals surface area contributed by atoms with E-state index in [9.17, 15) is 4.79 Å². The molecular formula is C27H37Cl2N5O2. The monoisotopic (exact) mass is 533 g/mol. The first-order valence-corrected chi connectivity index (χ1v) is 12.1. The third kappa shape index (κ3) is 7.95. The summed E-state index contributed by atoms with van der Waals surface area (Å²) in [5.74, 6) is 2.61. The minimum Gasteiger partial charge on any atom is -0.467 e. The Morgan fingerprint density at radius 3 is 2.42 bits per heavy atom. The predicted octanol–water partition coefficient (Wildman–Crippen LogP) is 5.46. The van der Waals surface area contributed by atoms with Gasteiger partial charge in [0.15, 0.2) is 0 Å². The molecule has 4 rings (SSSR count). The summed E-state index contributed by atoms with van der Waals surface area (Å²) in [6.07, 6.45) is 5.30. The highest BCUT2D eigenvalue weighted by atomic mass is 35.5. The lowest BCUT2D eigenvalue weighted by molar-refractivity contribution is 0.0690. The number of furan rings is 1. The second kappa shape index (κ2) is 13.6. The Kier molecular flexibility index (Phi) is 11.2. The van der Waals surface area contributed by atoms with E-state index >= 15 is 0 Å². The molecule has 3 aromatic rings. The molecule has 0 aliphatic carbocycles. The van der Waals surface area contributed by atoms with Gasteiger partial charge in [-0.15, -0.1) is 24.8 Å². The van der Waals surface area contributed by atoms with Gasteiger partial charge in [0.1, 0.15) is 23.0 Å². The molecule has 1 fully saturated rings. The normalized spacial score (nSPS) is 14.0. The Morgan fingerprint density at radius 2 is 1.78 bits per heavy atom. The maximum Gasteiger partial charge on any atom is 0.259 e.